The molecule has 3 N–H and O–H groups in total. The lowest BCUT2D eigenvalue weighted by atomic mass is 10.0. The van der Waals surface area contributed by atoms with Gasteiger partial charge >= 0.3 is 5.97 Å². The van der Waals surface area contributed by atoms with Crippen molar-refractivity contribution in [3.05, 3.63) is 60.8 Å². The molecule has 3 atom stereocenters. The number of hydrogen-bond donors (Lipinski definition) is 3. The Kier molecular flexibility index (Phi) is 50.6. The second-order valence-electron chi connectivity index (χ2n) is 19.0. The van der Waals surface area contributed by atoms with Crippen LogP contribution in [0.1, 0.15) is 278 Å². The number of amides is 1. The van der Waals surface area contributed by atoms with E-state index in [9.17, 15) is 19.8 Å². The van der Waals surface area contributed by atoms with Crippen molar-refractivity contribution in [1.29, 1.82) is 0 Å². The van der Waals surface area contributed by atoms with Gasteiger partial charge in [0.1, 0.15) is 6.10 Å². The van der Waals surface area contributed by atoms with Gasteiger partial charge in [0.2, 0.25) is 5.91 Å². The van der Waals surface area contributed by atoms with Gasteiger partial charge in [-0.15, -0.1) is 0 Å². The second kappa shape index (κ2) is 52.5. The summed E-state index contributed by atoms with van der Waals surface area (Å²) >= 11 is 0. The molecule has 0 bridgehead atoms. The number of carbonyl (C=O) groups excluding carboxylic acids is 2. The second-order valence-corrected chi connectivity index (χ2v) is 19.0. The number of carbonyl (C=O) groups is 2. The van der Waals surface area contributed by atoms with Crippen molar-refractivity contribution < 1.29 is 24.5 Å². The molecule has 0 aliphatic carbocycles. The fourth-order valence-corrected chi connectivity index (χ4v) is 8.36. The van der Waals surface area contributed by atoms with Gasteiger partial charge in [-0.2, -0.15) is 0 Å². The number of rotatable bonds is 50. The zero-order valence-corrected chi connectivity index (χ0v) is 43.1. The van der Waals surface area contributed by atoms with Crippen molar-refractivity contribution in [2.24, 2.45) is 0 Å². The van der Waals surface area contributed by atoms with E-state index in [0.29, 0.717) is 19.3 Å². The summed E-state index contributed by atoms with van der Waals surface area (Å²) in [6.45, 7) is 6.38. The first-order chi connectivity index (χ1) is 32.0. The molecule has 0 saturated heterocycles. The highest BCUT2D eigenvalue weighted by Crippen LogP contribution is 2.18. The largest absolute Gasteiger partial charge is 0.462 e. The molecule has 3 unspecified atom stereocenters. The van der Waals surface area contributed by atoms with Gasteiger partial charge in [0.05, 0.1) is 25.2 Å². The Labute approximate surface area is 403 Å². The van der Waals surface area contributed by atoms with Gasteiger partial charge < -0.3 is 20.3 Å². The molecule has 0 aromatic carbocycles. The van der Waals surface area contributed by atoms with E-state index in [-0.39, 0.29) is 24.9 Å². The number of hydrogen-bond acceptors (Lipinski definition) is 5. The molecule has 0 rings (SSSR count). The third-order valence-electron chi connectivity index (χ3n) is 12.6. The van der Waals surface area contributed by atoms with E-state index in [1.807, 2.05) is 0 Å². The maximum absolute atomic E-state index is 13.2. The number of allylic oxidation sites excluding steroid dienone is 10. The van der Waals surface area contributed by atoms with Crippen LogP contribution in [0, 0.1) is 0 Å². The molecular weight excluding hydrogens is 803 g/mol. The van der Waals surface area contributed by atoms with Crippen LogP contribution in [-0.2, 0) is 14.3 Å². The van der Waals surface area contributed by atoms with Crippen LogP contribution in [0.5, 0.6) is 0 Å². The molecular formula is C59H107NO5. The van der Waals surface area contributed by atoms with Crippen molar-refractivity contribution >= 4 is 11.9 Å². The highest BCUT2D eigenvalue weighted by Gasteiger charge is 2.24. The van der Waals surface area contributed by atoms with E-state index in [1.165, 1.54) is 128 Å². The predicted octanol–water partition coefficient (Wildman–Crippen LogP) is 17.2. The zero-order chi connectivity index (χ0) is 47.4. The molecule has 1 amide bonds. The number of aliphatic hydroxyl groups excluding tert-OH is 2. The third kappa shape index (κ3) is 47.8. The smallest absolute Gasteiger partial charge is 0.306 e. The summed E-state index contributed by atoms with van der Waals surface area (Å²) in [7, 11) is 0. The minimum Gasteiger partial charge on any atom is -0.462 e. The standard InChI is InChI=1S/C59H107NO5/c1-4-7-10-13-16-19-22-25-28-30-33-36-39-42-45-48-51-57(62)56(54-61)60-58(63)53-55(50-47-44-41-38-35-32-27-24-21-18-15-12-9-6-3)65-59(64)52-49-46-43-40-37-34-31-29-26-23-20-17-14-11-8-5-2/h8,11,17,20,26,29,32,34-35,37,55-57,61-62H,4-7,9-10,12-16,18-19,21-25,27-28,30-31,33,36,38-54H2,1-3H3,(H,60,63)/b11-8+,20-17+,29-26+,35-32+,37-34+. The van der Waals surface area contributed by atoms with Crippen LogP contribution in [0.2, 0.25) is 0 Å². The Morgan fingerprint density at radius 1 is 0.462 bits per heavy atom. The Hall–Kier alpha value is -2.44. The first-order valence-corrected chi connectivity index (χ1v) is 28.0. The molecule has 0 fully saturated rings. The number of nitrogens with one attached hydrogen (secondary N) is 1. The Bertz CT molecular complexity index is 1160. The van der Waals surface area contributed by atoms with Crippen LogP contribution >= 0.6 is 0 Å². The maximum atomic E-state index is 13.2. The molecule has 378 valence electrons. The zero-order valence-electron chi connectivity index (χ0n) is 43.1. The molecule has 0 spiro atoms. The molecule has 0 saturated carbocycles. The van der Waals surface area contributed by atoms with Crippen molar-refractivity contribution in [2.45, 2.75) is 296 Å². The van der Waals surface area contributed by atoms with E-state index in [0.717, 1.165) is 103 Å². The summed E-state index contributed by atoms with van der Waals surface area (Å²) in [6, 6.07) is -0.715. The Morgan fingerprint density at radius 3 is 1.29 bits per heavy atom. The SMILES string of the molecule is CC/C=C/C/C=C/C/C=C/C/C=C/CCCCCC(=O)OC(CCCCC/C=C/CCCCCCCCC)CC(=O)NC(CO)C(O)CCCCCCCCCCCCCCCCCC. The van der Waals surface area contributed by atoms with Crippen LogP contribution < -0.4 is 5.32 Å². The third-order valence-corrected chi connectivity index (χ3v) is 12.6. The highest BCUT2D eigenvalue weighted by molar-refractivity contribution is 5.77. The van der Waals surface area contributed by atoms with Gasteiger partial charge in [-0.25, -0.2) is 0 Å². The molecule has 6 nitrogen and oxygen atoms in total. The predicted molar refractivity (Wildman–Crippen MR) is 282 cm³/mol. The van der Waals surface area contributed by atoms with Crippen molar-refractivity contribution in [3.8, 4) is 0 Å². The van der Waals surface area contributed by atoms with E-state index in [1.54, 1.807) is 0 Å². The fourth-order valence-electron chi connectivity index (χ4n) is 8.36. The van der Waals surface area contributed by atoms with Gasteiger partial charge in [0.25, 0.3) is 0 Å². The van der Waals surface area contributed by atoms with Crippen molar-refractivity contribution in [1.82, 2.24) is 5.32 Å². The lowest BCUT2D eigenvalue weighted by Crippen LogP contribution is -2.46. The Morgan fingerprint density at radius 2 is 0.831 bits per heavy atom. The molecule has 0 aliphatic rings. The van der Waals surface area contributed by atoms with Gasteiger partial charge in [-0.05, 0) is 89.9 Å². The average molecular weight is 911 g/mol. The van der Waals surface area contributed by atoms with E-state index in [4.69, 9.17) is 4.74 Å². The van der Waals surface area contributed by atoms with Crippen LogP contribution in [-0.4, -0.2) is 46.9 Å². The van der Waals surface area contributed by atoms with E-state index in [2.05, 4.69) is 86.8 Å². The summed E-state index contributed by atoms with van der Waals surface area (Å²) in [5.41, 5.74) is 0. The summed E-state index contributed by atoms with van der Waals surface area (Å²) in [5, 5.41) is 23.9. The highest BCUT2D eigenvalue weighted by atomic mass is 16.5. The molecule has 65 heavy (non-hydrogen) atoms. The van der Waals surface area contributed by atoms with Gasteiger partial charge in [0.15, 0.2) is 0 Å². The van der Waals surface area contributed by atoms with Crippen molar-refractivity contribution in [3.63, 3.8) is 0 Å². The summed E-state index contributed by atoms with van der Waals surface area (Å²) in [4.78, 5) is 26.2. The topological polar surface area (TPSA) is 95.9 Å². The van der Waals surface area contributed by atoms with Crippen LogP contribution in [0.3, 0.4) is 0 Å². The van der Waals surface area contributed by atoms with Gasteiger partial charge in [-0.3, -0.25) is 9.59 Å². The molecule has 0 aromatic heterocycles. The lowest BCUT2D eigenvalue weighted by Gasteiger charge is -2.24. The van der Waals surface area contributed by atoms with E-state index < -0.39 is 18.2 Å². The van der Waals surface area contributed by atoms with E-state index >= 15 is 0 Å². The number of aliphatic hydroxyl groups is 2. The van der Waals surface area contributed by atoms with Crippen LogP contribution in [0.25, 0.3) is 0 Å². The number of unbranched alkanes of at least 4 members (excludes halogenated alkanes) is 28. The minimum atomic E-state index is -0.799. The quantitative estimate of drug-likeness (QED) is 0.0321. The summed E-state index contributed by atoms with van der Waals surface area (Å²) in [6.07, 6.45) is 65.7. The Balaban J connectivity index is 4.60. The number of esters is 1. The fraction of sp³-hybridized carbons (Fsp3) is 0.797. The van der Waals surface area contributed by atoms with Gasteiger partial charge in [-0.1, -0.05) is 236 Å². The summed E-state index contributed by atoms with van der Waals surface area (Å²) < 4.78 is 5.93. The van der Waals surface area contributed by atoms with Crippen LogP contribution in [0.15, 0.2) is 60.8 Å². The monoisotopic (exact) mass is 910 g/mol. The van der Waals surface area contributed by atoms with Crippen LogP contribution in [0.4, 0.5) is 0 Å². The minimum absolute atomic E-state index is 0.0538. The molecule has 6 heteroatoms. The lowest BCUT2D eigenvalue weighted by molar-refractivity contribution is -0.151. The van der Waals surface area contributed by atoms with Gasteiger partial charge in [0, 0.05) is 6.42 Å². The number of ether oxygens (including phenoxy) is 1. The first-order valence-electron chi connectivity index (χ1n) is 28.0. The van der Waals surface area contributed by atoms with Crippen molar-refractivity contribution in [2.75, 3.05) is 6.61 Å². The molecule has 0 aromatic rings. The summed E-state index contributed by atoms with van der Waals surface area (Å²) in [5.74, 6) is -0.520. The molecule has 0 heterocycles. The normalized spacial score (nSPS) is 13.6. The first kappa shape index (κ1) is 62.6. The molecule has 0 aliphatic heterocycles. The maximum Gasteiger partial charge on any atom is 0.306 e. The average Bonchev–Trinajstić information content (AvgIpc) is 3.30. The molecule has 0 radical (unpaired) electrons.